The summed E-state index contributed by atoms with van der Waals surface area (Å²) in [6, 6.07) is 38.7. The number of fused-ring (bicyclic) bond motifs is 3. The van der Waals surface area contributed by atoms with Gasteiger partial charge >= 0.3 is 0 Å². The van der Waals surface area contributed by atoms with Gasteiger partial charge in [-0.25, -0.2) is 0 Å². The van der Waals surface area contributed by atoms with E-state index in [-0.39, 0.29) is 7.43 Å². The summed E-state index contributed by atoms with van der Waals surface area (Å²) in [6.45, 7) is 14.2. The van der Waals surface area contributed by atoms with Crippen molar-refractivity contribution in [3.63, 3.8) is 0 Å². The van der Waals surface area contributed by atoms with Crippen molar-refractivity contribution in [1.29, 1.82) is 0 Å². The van der Waals surface area contributed by atoms with E-state index in [1.54, 1.807) is 10.6 Å². The van der Waals surface area contributed by atoms with Crippen LogP contribution in [0.1, 0.15) is 54.5 Å². The molecule has 5 aromatic rings. The van der Waals surface area contributed by atoms with Crippen LogP contribution in [0.25, 0.3) is 27.9 Å². The molecule has 0 fully saturated rings. The Morgan fingerprint density at radius 3 is 1.29 bits per heavy atom. The van der Waals surface area contributed by atoms with Gasteiger partial charge in [0, 0.05) is 54.9 Å². The molecular weight excluding hydrogens is 579 g/mol. The van der Waals surface area contributed by atoms with Crippen LogP contribution < -0.4 is 15.5 Å². The van der Waals surface area contributed by atoms with Crippen molar-refractivity contribution in [3.05, 3.63) is 96.7 Å². The van der Waals surface area contributed by atoms with E-state index in [1.807, 2.05) is 30.2 Å². The third kappa shape index (κ3) is 7.06. The average molecular weight is 637 g/mol. The van der Waals surface area contributed by atoms with Crippen molar-refractivity contribution in [2.24, 2.45) is 14.1 Å². The van der Waals surface area contributed by atoms with E-state index < -0.39 is 16.1 Å². The highest BCUT2D eigenvalue weighted by atomic mass is 28.3. The van der Waals surface area contributed by atoms with E-state index in [1.165, 1.54) is 69.3 Å². The molecule has 240 valence electrons. The van der Waals surface area contributed by atoms with E-state index >= 15 is 0 Å². The summed E-state index contributed by atoms with van der Waals surface area (Å²) in [4.78, 5) is 2.00. The third-order valence-corrected chi connectivity index (χ3v) is 22.0. The fourth-order valence-electron chi connectivity index (χ4n) is 7.33. The topological polar surface area (TPSA) is 13.1 Å². The minimum atomic E-state index is -1.26. The molecule has 3 aromatic carbocycles. The lowest BCUT2D eigenvalue weighted by atomic mass is 10.2. The van der Waals surface area contributed by atoms with Crippen LogP contribution in [0.15, 0.2) is 84.9 Å². The first kappa shape index (κ1) is 36.1. The number of rotatable bonds is 8. The molecule has 0 aliphatic carbocycles. The molecule has 0 unspecified atom stereocenters. The second-order valence-corrected chi connectivity index (χ2v) is 22.8. The summed E-state index contributed by atoms with van der Waals surface area (Å²) in [5, 5.41) is 6.06. The quantitative estimate of drug-likeness (QED) is 0.122. The van der Waals surface area contributed by atoms with Crippen molar-refractivity contribution >= 4 is 60.4 Å². The number of hydrogen-bond acceptors (Lipinski definition) is 1. The number of para-hydroxylation sites is 3. The summed E-state index contributed by atoms with van der Waals surface area (Å²) in [5.41, 5.74) is 5.26. The Morgan fingerprint density at radius 1 is 0.533 bits per heavy atom. The van der Waals surface area contributed by atoms with E-state index in [4.69, 9.17) is 0 Å². The van der Waals surface area contributed by atoms with Gasteiger partial charge in [0.05, 0.1) is 0 Å². The largest absolute Gasteiger partial charge is 0.352 e. The summed E-state index contributed by atoms with van der Waals surface area (Å²) >= 11 is 0. The zero-order chi connectivity index (χ0) is 31.9. The van der Waals surface area contributed by atoms with E-state index in [0.29, 0.717) is 0 Å². The van der Waals surface area contributed by atoms with Crippen LogP contribution in [-0.4, -0.2) is 32.3 Å². The fourth-order valence-corrected chi connectivity index (χ4v) is 15.1. The monoisotopic (exact) mass is 636 g/mol. The maximum atomic E-state index is 3.09. The number of aryl methyl sites for hydroxylation is 2. The number of hydrogen-bond donors (Lipinski definition) is 0. The zero-order valence-electron chi connectivity index (χ0n) is 28.7. The zero-order valence-corrected chi connectivity index (χ0v) is 30.7. The molecule has 0 radical (unpaired) electrons. The maximum absolute atomic E-state index is 3.09. The van der Waals surface area contributed by atoms with Crippen LogP contribution in [0, 0.1) is 6.20 Å². The van der Waals surface area contributed by atoms with Gasteiger partial charge in [0.15, 0.2) is 5.56 Å². The van der Waals surface area contributed by atoms with E-state index in [0.717, 1.165) is 0 Å². The molecule has 0 saturated carbocycles. The molecular formula is C40H58N3Si2+. The number of aromatic nitrogens is 2. The summed E-state index contributed by atoms with van der Waals surface area (Å²) in [5.74, 6) is 0. The van der Waals surface area contributed by atoms with Crippen molar-refractivity contribution in [3.8, 4) is 0 Å². The van der Waals surface area contributed by atoms with Crippen molar-refractivity contribution in [1.82, 2.24) is 9.13 Å². The Bertz CT molecular complexity index is 1570. The Kier molecular flexibility index (Phi) is 12.6. The Labute approximate surface area is 276 Å². The molecule has 0 N–H and O–H groups in total. The minimum Gasteiger partial charge on any atom is -0.352 e. The third-order valence-electron chi connectivity index (χ3n) is 10.8. The fraction of sp³-hybridized carbons (Fsp3) is 0.400. The maximum Gasteiger partial charge on any atom is 0.200 e. The first-order valence-corrected chi connectivity index (χ1v) is 22.0. The minimum absolute atomic E-state index is 0. The Hall–Kier alpha value is -3.38. The number of nitrogens with zero attached hydrogens (tertiary/aromatic N) is 3. The van der Waals surface area contributed by atoms with Gasteiger partial charge in [-0.05, 0) is 47.2 Å². The predicted molar refractivity (Wildman–Crippen MR) is 209 cm³/mol. The van der Waals surface area contributed by atoms with Gasteiger partial charge in [0.2, 0.25) is 5.69 Å². The van der Waals surface area contributed by atoms with Gasteiger partial charge < -0.3 is 9.13 Å². The van der Waals surface area contributed by atoms with Crippen LogP contribution in [0.5, 0.6) is 0 Å². The van der Waals surface area contributed by atoms with E-state index in [2.05, 4.69) is 144 Å². The highest BCUT2D eigenvalue weighted by molar-refractivity contribution is 6.92. The normalized spacial score (nSPS) is 12.2. The van der Waals surface area contributed by atoms with Crippen molar-refractivity contribution in [2.45, 2.75) is 85.2 Å². The molecule has 1 aliphatic rings. The van der Waals surface area contributed by atoms with Gasteiger partial charge in [-0.3, -0.25) is 0 Å². The molecule has 1 aliphatic heterocycles. The molecule has 3 nitrogen and oxygen atoms in total. The van der Waals surface area contributed by atoms with Crippen LogP contribution in [0.4, 0.5) is 5.69 Å². The molecule has 6 rings (SSSR count). The van der Waals surface area contributed by atoms with Crippen LogP contribution in [0.2, 0.25) is 36.3 Å². The molecule has 0 atom stereocenters. The summed E-state index contributed by atoms with van der Waals surface area (Å²) < 4.78 is 4.89. The van der Waals surface area contributed by atoms with Gasteiger partial charge in [-0.1, -0.05) is 122 Å². The second-order valence-electron chi connectivity index (χ2n) is 12.4. The van der Waals surface area contributed by atoms with Crippen molar-refractivity contribution in [2.75, 3.05) is 11.9 Å². The SMILES string of the molecule is C.CC[Si](CC)(CC)c1cc2ccccc2n1C.CC[Si](CC)(CC)c1cc2ccccc2n1C.CN1[C+]=Cc2ccccc21. The molecule has 3 heterocycles. The van der Waals surface area contributed by atoms with Crippen molar-refractivity contribution < 1.29 is 0 Å². The molecule has 0 bridgehead atoms. The summed E-state index contributed by atoms with van der Waals surface area (Å²) in [7, 11) is 3.96. The van der Waals surface area contributed by atoms with Crippen LogP contribution in [0.3, 0.4) is 0 Å². The molecule has 0 amide bonds. The Morgan fingerprint density at radius 2 is 0.911 bits per heavy atom. The lowest BCUT2D eigenvalue weighted by Gasteiger charge is -2.28. The van der Waals surface area contributed by atoms with Gasteiger partial charge in [0.1, 0.15) is 28.4 Å². The molecule has 0 saturated heterocycles. The Balaban J connectivity index is 0.000000188. The number of benzene rings is 3. The van der Waals surface area contributed by atoms with Gasteiger partial charge in [0.25, 0.3) is 0 Å². The van der Waals surface area contributed by atoms with Crippen LogP contribution in [-0.2, 0) is 14.1 Å². The smallest absolute Gasteiger partial charge is 0.200 e. The molecule has 45 heavy (non-hydrogen) atoms. The van der Waals surface area contributed by atoms with Gasteiger partial charge in [-0.2, -0.15) is 4.90 Å². The second kappa shape index (κ2) is 15.8. The first-order valence-electron chi connectivity index (χ1n) is 16.8. The van der Waals surface area contributed by atoms with E-state index in [9.17, 15) is 0 Å². The lowest BCUT2D eigenvalue weighted by Crippen LogP contribution is -2.48. The predicted octanol–water partition coefficient (Wildman–Crippen LogP) is 10.3. The molecule has 5 heteroatoms. The van der Waals surface area contributed by atoms with Crippen LogP contribution >= 0.6 is 0 Å². The summed E-state index contributed by atoms with van der Waals surface area (Å²) in [6.07, 6.45) is 5.09. The molecule has 0 spiro atoms. The van der Waals surface area contributed by atoms with Gasteiger partial charge in [-0.15, -0.1) is 0 Å². The molecule has 2 aromatic heterocycles. The highest BCUT2D eigenvalue weighted by Crippen LogP contribution is 2.26. The lowest BCUT2D eigenvalue weighted by molar-refractivity contribution is 0.983. The average Bonchev–Trinajstić information content (AvgIpc) is 3.74. The highest BCUT2D eigenvalue weighted by Gasteiger charge is 2.33. The standard InChI is InChI=1S/2C15H23NSi.C9H8N.CH4/c2*1-5-17(6-2,7-3)15-12-13-10-8-9-11-14(13)16(15)4;1-10-7-6-8-4-2-3-5-9(8)10;/h2*8-12H,5-7H2,1-4H3;2-6H,1H3;1H4/q;;+1;. The first-order chi connectivity index (χ1) is 21.2. The number of anilines is 1.